The number of para-hydroxylation sites is 1. The first kappa shape index (κ1) is 22.2. The van der Waals surface area contributed by atoms with Crippen molar-refractivity contribution < 1.29 is 9.53 Å². The fraction of sp³-hybridized carbons (Fsp3) is 0.280. The van der Waals surface area contributed by atoms with Gasteiger partial charge >= 0.3 is 0 Å². The number of carbonyl (C=O) groups excluding carboxylic acids is 1. The first-order valence-electron chi connectivity index (χ1n) is 11.3. The molecule has 0 unspecified atom stereocenters. The summed E-state index contributed by atoms with van der Waals surface area (Å²) in [6.07, 6.45) is 3.72. The zero-order valence-electron chi connectivity index (χ0n) is 18.7. The minimum Gasteiger partial charge on any atom is -0.457 e. The molecule has 0 bridgehead atoms. The molecule has 1 aliphatic heterocycles. The van der Waals surface area contributed by atoms with E-state index < -0.39 is 0 Å². The summed E-state index contributed by atoms with van der Waals surface area (Å²) in [6, 6.07) is 17.4. The van der Waals surface area contributed by atoms with Gasteiger partial charge in [0.15, 0.2) is 5.65 Å². The maximum Gasteiger partial charge on any atom is 0.223 e. The summed E-state index contributed by atoms with van der Waals surface area (Å²) in [4.78, 5) is 23.1. The van der Waals surface area contributed by atoms with Gasteiger partial charge in [0, 0.05) is 25.1 Å². The van der Waals surface area contributed by atoms with Gasteiger partial charge in [-0.25, -0.2) is 14.6 Å². The van der Waals surface area contributed by atoms with Gasteiger partial charge in [-0.3, -0.25) is 4.79 Å². The number of nitrogen functional groups attached to an aromatic ring is 1. The largest absolute Gasteiger partial charge is 0.457 e. The number of amides is 1. The molecular weight excluding hydrogens is 448 g/mol. The van der Waals surface area contributed by atoms with Gasteiger partial charge in [0.25, 0.3) is 0 Å². The predicted octanol–water partition coefficient (Wildman–Crippen LogP) is 4.35. The summed E-state index contributed by atoms with van der Waals surface area (Å²) in [6.45, 7) is 1.35. The highest BCUT2D eigenvalue weighted by Gasteiger charge is 2.28. The summed E-state index contributed by atoms with van der Waals surface area (Å²) >= 11 is 4.21. The second kappa shape index (κ2) is 9.72. The lowest BCUT2D eigenvalue weighted by atomic mass is 10.1. The van der Waals surface area contributed by atoms with Gasteiger partial charge in [-0.2, -0.15) is 17.7 Å². The van der Waals surface area contributed by atoms with Crippen molar-refractivity contribution in [2.24, 2.45) is 0 Å². The fourth-order valence-corrected chi connectivity index (χ4v) is 4.58. The standard InChI is InChI=1S/C25H26N6O2S/c26-24-22-23(17-8-10-20(11-9-17)33-19-6-2-1-3-7-19)29-31(25(22)28-16-27-24)18-5-4-13-30(15-18)21(32)12-14-34/h1-3,6-11,16,18,34H,4-5,12-15H2,(H2,26,27,28)/t18-/m1/s1. The monoisotopic (exact) mass is 474 g/mol. The van der Waals surface area contributed by atoms with Crippen LogP contribution in [0.5, 0.6) is 11.5 Å². The SMILES string of the molecule is Nc1ncnc2c1c(-c1ccc(Oc3ccccc3)cc1)nn2[C@@H]1CCCN(C(=O)CCS)C1. The molecule has 174 valence electrons. The van der Waals surface area contributed by atoms with Gasteiger partial charge in [-0.05, 0) is 55.0 Å². The van der Waals surface area contributed by atoms with Gasteiger partial charge in [-0.15, -0.1) is 0 Å². The van der Waals surface area contributed by atoms with E-state index in [-0.39, 0.29) is 11.9 Å². The lowest BCUT2D eigenvalue weighted by molar-refractivity contribution is -0.132. The molecule has 0 saturated carbocycles. The quantitative estimate of drug-likeness (QED) is 0.403. The number of rotatable bonds is 6. The Morgan fingerprint density at radius 1 is 1.09 bits per heavy atom. The fourth-order valence-electron chi connectivity index (χ4n) is 4.39. The number of fused-ring (bicyclic) bond motifs is 1. The van der Waals surface area contributed by atoms with Crippen LogP contribution in [0.3, 0.4) is 0 Å². The number of anilines is 1. The normalized spacial score (nSPS) is 16.0. The minimum atomic E-state index is 0.0175. The van der Waals surface area contributed by atoms with Crippen LogP contribution in [0.15, 0.2) is 60.9 Å². The summed E-state index contributed by atoms with van der Waals surface area (Å²) in [5.74, 6) is 2.56. The van der Waals surface area contributed by atoms with Crippen LogP contribution < -0.4 is 10.5 Å². The molecule has 34 heavy (non-hydrogen) atoms. The van der Waals surface area contributed by atoms with Crippen molar-refractivity contribution in [3.63, 3.8) is 0 Å². The third-order valence-corrected chi connectivity index (χ3v) is 6.27. The molecule has 1 fully saturated rings. The second-order valence-electron chi connectivity index (χ2n) is 8.30. The zero-order chi connectivity index (χ0) is 23.5. The number of hydrogen-bond donors (Lipinski definition) is 2. The summed E-state index contributed by atoms with van der Waals surface area (Å²) in [5, 5.41) is 5.66. The molecule has 1 saturated heterocycles. The van der Waals surface area contributed by atoms with Crippen LogP contribution in [0.1, 0.15) is 25.3 Å². The Kier molecular flexibility index (Phi) is 6.35. The van der Waals surface area contributed by atoms with E-state index in [4.69, 9.17) is 15.6 Å². The Morgan fingerprint density at radius 2 is 1.85 bits per heavy atom. The molecule has 1 aliphatic rings. The number of carbonyl (C=O) groups is 1. The molecule has 4 aromatic rings. The lowest BCUT2D eigenvalue weighted by Crippen LogP contribution is -2.41. The van der Waals surface area contributed by atoms with Crippen LogP contribution in [-0.2, 0) is 4.79 Å². The van der Waals surface area contributed by atoms with Gasteiger partial charge in [0.05, 0.1) is 11.4 Å². The Labute approximate surface area is 203 Å². The molecule has 0 spiro atoms. The van der Waals surface area contributed by atoms with Crippen molar-refractivity contribution in [3.05, 3.63) is 60.9 Å². The smallest absolute Gasteiger partial charge is 0.223 e. The van der Waals surface area contributed by atoms with E-state index in [0.29, 0.717) is 30.2 Å². The Bertz CT molecular complexity index is 1290. The highest BCUT2D eigenvalue weighted by Crippen LogP contribution is 2.34. The number of thiol groups is 1. The molecule has 2 N–H and O–H groups in total. The molecule has 0 aliphatic carbocycles. The van der Waals surface area contributed by atoms with Crippen LogP contribution in [-0.4, -0.2) is 49.4 Å². The van der Waals surface area contributed by atoms with Gasteiger partial charge in [0.2, 0.25) is 5.91 Å². The summed E-state index contributed by atoms with van der Waals surface area (Å²) in [7, 11) is 0. The first-order valence-corrected chi connectivity index (χ1v) is 12.0. The number of nitrogens with two attached hydrogens (primary N) is 1. The number of hydrogen-bond acceptors (Lipinski definition) is 7. The van der Waals surface area contributed by atoms with Crippen LogP contribution in [0, 0.1) is 0 Å². The van der Waals surface area contributed by atoms with Crippen molar-refractivity contribution in [1.29, 1.82) is 0 Å². The molecule has 3 heterocycles. The topological polar surface area (TPSA) is 99.2 Å². The average Bonchev–Trinajstić information content (AvgIpc) is 3.26. The van der Waals surface area contributed by atoms with E-state index in [1.165, 1.54) is 6.33 Å². The number of aromatic nitrogens is 4. The van der Waals surface area contributed by atoms with Crippen LogP contribution in [0.4, 0.5) is 5.82 Å². The van der Waals surface area contributed by atoms with Crippen LogP contribution in [0.2, 0.25) is 0 Å². The number of benzene rings is 2. The van der Waals surface area contributed by atoms with E-state index in [9.17, 15) is 4.79 Å². The molecular formula is C25H26N6O2S. The van der Waals surface area contributed by atoms with Gasteiger partial charge in [0.1, 0.15) is 29.3 Å². The maximum atomic E-state index is 12.5. The molecule has 8 nitrogen and oxygen atoms in total. The molecule has 0 radical (unpaired) electrons. The molecule has 1 atom stereocenters. The Balaban J connectivity index is 1.47. The maximum absolute atomic E-state index is 12.5. The van der Waals surface area contributed by atoms with Crippen molar-refractivity contribution in [2.75, 3.05) is 24.6 Å². The number of piperidine rings is 1. The molecule has 2 aromatic heterocycles. The first-order chi connectivity index (χ1) is 16.6. The van der Waals surface area contributed by atoms with Crippen molar-refractivity contribution in [2.45, 2.75) is 25.3 Å². The van der Waals surface area contributed by atoms with Gasteiger partial charge in [-0.1, -0.05) is 18.2 Å². The average molecular weight is 475 g/mol. The van der Waals surface area contributed by atoms with Gasteiger partial charge < -0.3 is 15.4 Å². The highest BCUT2D eigenvalue weighted by molar-refractivity contribution is 7.80. The Morgan fingerprint density at radius 3 is 2.62 bits per heavy atom. The minimum absolute atomic E-state index is 0.0175. The van der Waals surface area contributed by atoms with Crippen molar-refractivity contribution in [3.8, 4) is 22.8 Å². The molecule has 1 amide bonds. The van der Waals surface area contributed by atoms with E-state index in [0.717, 1.165) is 47.5 Å². The number of likely N-dealkylation sites (tertiary alicyclic amines) is 1. The number of nitrogens with zero attached hydrogens (tertiary/aromatic N) is 5. The summed E-state index contributed by atoms with van der Waals surface area (Å²) < 4.78 is 7.83. The predicted molar refractivity (Wildman–Crippen MR) is 135 cm³/mol. The van der Waals surface area contributed by atoms with E-state index in [1.807, 2.05) is 64.2 Å². The van der Waals surface area contributed by atoms with Crippen LogP contribution >= 0.6 is 12.6 Å². The second-order valence-corrected chi connectivity index (χ2v) is 8.75. The van der Waals surface area contributed by atoms with E-state index in [2.05, 4.69) is 22.6 Å². The molecule has 2 aromatic carbocycles. The Hall–Kier alpha value is -3.59. The van der Waals surface area contributed by atoms with E-state index >= 15 is 0 Å². The highest BCUT2D eigenvalue weighted by atomic mass is 32.1. The molecule has 5 rings (SSSR count). The lowest BCUT2D eigenvalue weighted by Gasteiger charge is -2.33. The zero-order valence-corrected chi connectivity index (χ0v) is 19.6. The number of ether oxygens (including phenoxy) is 1. The van der Waals surface area contributed by atoms with Crippen molar-refractivity contribution >= 4 is 35.4 Å². The van der Waals surface area contributed by atoms with Crippen LogP contribution in [0.25, 0.3) is 22.3 Å². The van der Waals surface area contributed by atoms with E-state index in [1.54, 1.807) is 0 Å². The molecule has 9 heteroatoms. The third kappa shape index (κ3) is 4.43. The van der Waals surface area contributed by atoms with Crippen molar-refractivity contribution in [1.82, 2.24) is 24.6 Å². The summed E-state index contributed by atoms with van der Waals surface area (Å²) in [5.41, 5.74) is 8.58. The third-order valence-electron chi connectivity index (χ3n) is 6.05.